The zero-order valence-corrected chi connectivity index (χ0v) is 19.9. The maximum absolute atomic E-state index is 12.3. The summed E-state index contributed by atoms with van der Waals surface area (Å²) >= 11 is 3.04. The Morgan fingerprint density at radius 2 is 1.85 bits per heavy atom. The first-order chi connectivity index (χ1) is 16.2. The van der Waals surface area contributed by atoms with Crippen LogP contribution in [0.25, 0.3) is 5.69 Å². The molecule has 0 saturated heterocycles. The van der Waals surface area contributed by atoms with E-state index in [1.807, 2.05) is 36.4 Å². The highest BCUT2D eigenvalue weighted by atomic mass is 32.2. The molecule has 0 aliphatic heterocycles. The predicted octanol–water partition coefficient (Wildman–Crippen LogP) is 4.37. The van der Waals surface area contributed by atoms with Gasteiger partial charge in [0.1, 0.15) is 16.5 Å². The van der Waals surface area contributed by atoms with Gasteiger partial charge < -0.3 is 10.1 Å². The van der Waals surface area contributed by atoms with Crippen molar-refractivity contribution < 1.29 is 9.53 Å². The number of nitrogens with zero attached hydrogens (tertiary/aromatic N) is 4. The molecule has 2 aromatic carbocycles. The van der Waals surface area contributed by atoms with E-state index in [1.54, 1.807) is 24.3 Å². The van der Waals surface area contributed by atoms with Crippen LogP contribution in [0, 0.1) is 0 Å². The van der Waals surface area contributed by atoms with E-state index in [-0.39, 0.29) is 5.91 Å². The molecule has 0 unspecified atom stereocenters. The van der Waals surface area contributed by atoms with Gasteiger partial charge in [0.25, 0.3) is 5.91 Å². The Labute approximate surface area is 201 Å². The predicted molar refractivity (Wildman–Crippen MR) is 131 cm³/mol. The van der Waals surface area contributed by atoms with E-state index in [0.29, 0.717) is 31.0 Å². The summed E-state index contributed by atoms with van der Waals surface area (Å²) < 4.78 is 7.10. The number of thiazole rings is 1. The summed E-state index contributed by atoms with van der Waals surface area (Å²) in [5, 5.41) is 15.3. The maximum Gasteiger partial charge on any atom is 0.270 e. The number of ether oxygens (including phenoxy) is 1. The summed E-state index contributed by atoms with van der Waals surface area (Å²) in [5.74, 6) is 1.33. The number of hydrogen-bond acceptors (Lipinski definition) is 7. The van der Waals surface area contributed by atoms with Crippen LogP contribution < -0.4 is 5.32 Å². The number of nitrogens with one attached hydrogen (secondary N) is 1. The summed E-state index contributed by atoms with van der Waals surface area (Å²) in [6.45, 7) is 1.19. The first kappa shape index (κ1) is 23.2. The number of carbonyl (C=O) groups excluding carboxylic acids is 1. The van der Waals surface area contributed by atoms with Crippen molar-refractivity contribution in [2.75, 3.05) is 20.3 Å². The lowest BCUT2D eigenvalue weighted by Crippen LogP contribution is -2.25. The molecule has 7 nitrogen and oxygen atoms in total. The molecule has 0 radical (unpaired) electrons. The Morgan fingerprint density at radius 3 is 2.61 bits per heavy atom. The number of aromatic nitrogens is 4. The second-order valence-electron chi connectivity index (χ2n) is 7.25. The molecule has 4 rings (SSSR count). The van der Waals surface area contributed by atoms with Gasteiger partial charge in [-0.15, -0.1) is 21.5 Å². The van der Waals surface area contributed by atoms with E-state index < -0.39 is 0 Å². The Hall–Kier alpha value is -3.01. The Balaban J connectivity index is 1.46. The summed E-state index contributed by atoms with van der Waals surface area (Å²) in [6.07, 6.45) is 1.46. The average Bonchev–Trinajstić information content (AvgIpc) is 3.49. The smallest absolute Gasteiger partial charge is 0.270 e. The summed E-state index contributed by atoms with van der Waals surface area (Å²) in [7, 11) is 1.65. The lowest BCUT2D eigenvalue weighted by atomic mass is 10.1. The van der Waals surface area contributed by atoms with Crippen LogP contribution in [0.3, 0.4) is 0 Å². The Bertz CT molecular complexity index is 1160. The van der Waals surface area contributed by atoms with Crippen molar-refractivity contribution in [2.24, 2.45) is 0 Å². The van der Waals surface area contributed by atoms with Gasteiger partial charge in [0.05, 0.1) is 5.75 Å². The highest BCUT2D eigenvalue weighted by Crippen LogP contribution is 2.27. The summed E-state index contributed by atoms with van der Waals surface area (Å²) in [4.78, 5) is 16.8. The monoisotopic (exact) mass is 479 g/mol. The van der Waals surface area contributed by atoms with Crippen molar-refractivity contribution in [3.63, 3.8) is 0 Å². The van der Waals surface area contributed by atoms with Gasteiger partial charge in [0.15, 0.2) is 5.16 Å². The molecule has 0 fully saturated rings. The average molecular weight is 480 g/mol. The second-order valence-corrected chi connectivity index (χ2v) is 9.13. The van der Waals surface area contributed by atoms with Gasteiger partial charge in [-0.25, -0.2) is 4.98 Å². The first-order valence-electron chi connectivity index (χ1n) is 10.6. The van der Waals surface area contributed by atoms with E-state index in [1.165, 1.54) is 16.9 Å². The number of benzene rings is 2. The van der Waals surface area contributed by atoms with Gasteiger partial charge >= 0.3 is 0 Å². The minimum absolute atomic E-state index is 0.156. The van der Waals surface area contributed by atoms with Crippen molar-refractivity contribution in [2.45, 2.75) is 23.8 Å². The number of hydrogen-bond donors (Lipinski definition) is 1. The van der Waals surface area contributed by atoms with E-state index in [2.05, 4.69) is 49.3 Å². The minimum Gasteiger partial charge on any atom is -0.385 e. The van der Waals surface area contributed by atoms with E-state index in [4.69, 9.17) is 4.74 Å². The fraction of sp³-hybridized carbons (Fsp3) is 0.250. The Kier molecular flexibility index (Phi) is 8.24. The third-order valence-corrected chi connectivity index (χ3v) is 6.81. The molecular formula is C24H25N5O2S2. The number of carbonyl (C=O) groups is 1. The third-order valence-electron chi connectivity index (χ3n) is 4.84. The van der Waals surface area contributed by atoms with E-state index >= 15 is 0 Å². The minimum atomic E-state index is -0.156. The molecule has 1 amide bonds. The van der Waals surface area contributed by atoms with Crippen LogP contribution in [0.5, 0.6) is 0 Å². The molecule has 0 aliphatic carbocycles. The normalized spacial score (nSPS) is 10.9. The highest BCUT2D eigenvalue weighted by molar-refractivity contribution is 7.98. The fourth-order valence-electron chi connectivity index (χ4n) is 3.24. The van der Waals surface area contributed by atoms with Gasteiger partial charge in [-0.2, -0.15) is 0 Å². The molecule has 9 heteroatoms. The molecule has 0 bridgehead atoms. The quantitative estimate of drug-likeness (QED) is 0.254. The number of amides is 1. The van der Waals surface area contributed by atoms with Crippen LogP contribution in [0.1, 0.15) is 33.3 Å². The third kappa shape index (κ3) is 6.28. The van der Waals surface area contributed by atoms with Crippen molar-refractivity contribution in [1.29, 1.82) is 0 Å². The first-order valence-corrected chi connectivity index (χ1v) is 12.5. The van der Waals surface area contributed by atoms with Crippen molar-refractivity contribution in [3.8, 4) is 5.69 Å². The largest absolute Gasteiger partial charge is 0.385 e. The standard InChI is InChI=1S/C24H25N5O2S2/c1-31-14-8-13-25-23(30)20-16-32-22(26-20)17-33-24-28-27-21(15-18-9-4-2-5-10-18)29(24)19-11-6-3-7-12-19/h2-7,9-12,16H,8,13-15,17H2,1H3,(H,25,30). The topological polar surface area (TPSA) is 81.9 Å². The Morgan fingerprint density at radius 1 is 1.09 bits per heavy atom. The SMILES string of the molecule is COCCCNC(=O)c1csc(CSc2nnc(Cc3ccccc3)n2-c2ccccc2)n1. The van der Waals surface area contributed by atoms with Crippen LogP contribution in [-0.2, 0) is 16.9 Å². The van der Waals surface area contributed by atoms with Crippen molar-refractivity contribution in [1.82, 2.24) is 25.1 Å². The molecule has 0 saturated carbocycles. The molecule has 4 aromatic rings. The van der Waals surface area contributed by atoms with Gasteiger partial charge in [-0.05, 0) is 24.1 Å². The molecule has 170 valence electrons. The van der Waals surface area contributed by atoms with Gasteiger partial charge in [0, 0.05) is 37.7 Å². The van der Waals surface area contributed by atoms with E-state index in [9.17, 15) is 4.79 Å². The lowest BCUT2D eigenvalue weighted by Gasteiger charge is -2.10. The van der Waals surface area contributed by atoms with Crippen molar-refractivity contribution >= 4 is 29.0 Å². The molecular weight excluding hydrogens is 454 g/mol. The van der Waals surface area contributed by atoms with Crippen LogP contribution in [0.15, 0.2) is 71.2 Å². The van der Waals surface area contributed by atoms with Crippen LogP contribution in [0.2, 0.25) is 0 Å². The molecule has 0 spiro atoms. The molecule has 0 aliphatic rings. The number of thioether (sulfide) groups is 1. The molecule has 33 heavy (non-hydrogen) atoms. The number of methoxy groups -OCH3 is 1. The number of para-hydroxylation sites is 1. The summed E-state index contributed by atoms with van der Waals surface area (Å²) in [6, 6.07) is 20.4. The number of rotatable bonds is 11. The van der Waals surface area contributed by atoms with Gasteiger partial charge in [-0.3, -0.25) is 9.36 Å². The van der Waals surface area contributed by atoms with Gasteiger partial charge in [0.2, 0.25) is 0 Å². The highest BCUT2D eigenvalue weighted by Gasteiger charge is 2.16. The molecule has 2 aromatic heterocycles. The van der Waals surface area contributed by atoms with Crippen molar-refractivity contribution in [3.05, 3.63) is 88.1 Å². The summed E-state index contributed by atoms with van der Waals surface area (Å²) in [5.41, 5.74) is 2.65. The second kappa shape index (κ2) is 11.7. The zero-order valence-electron chi connectivity index (χ0n) is 18.3. The van der Waals surface area contributed by atoms with Gasteiger partial charge in [-0.1, -0.05) is 60.3 Å². The zero-order chi connectivity index (χ0) is 22.9. The van der Waals surface area contributed by atoms with E-state index in [0.717, 1.165) is 28.1 Å². The molecule has 1 N–H and O–H groups in total. The van der Waals surface area contributed by atoms with Crippen LogP contribution in [-0.4, -0.2) is 45.9 Å². The van der Waals surface area contributed by atoms with Crippen LogP contribution >= 0.6 is 23.1 Å². The molecule has 0 atom stereocenters. The van der Waals surface area contributed by atoms with Crippen LogP contribution in [0.4, 0.5) is 0 Å². The molecule has 2 heterocycles. The lowest BCUT2D eigenvalue weighted by molar-refractivity contribution is 0.0944. The fourth-order valence-corrected chi connectivity index (χ4v) is 5.00. The maximum atomic E-state index is 12.3.